The van der Waals surface area contributed by atoms with Crippen LogP contribution in [0.5, 0.6) is 0 Å². The van der Waals surface area contributed by atoms with E-state index in [1.807, 2.05) is 0 Å². The van der Waals surface area contributed by atoms with Crippen LogP contribution in [0.2, 0.25) is 0 Å². The topological polar surface area (TPSA) is 3.88 Å². The number of alkyl halides is 1. The van der Waals surface area contributed by atoms with Crippen molar-refractivity contribution < 1.29 is 4.57 Å². The smallest absolute Gasteiger partial charge is 0.201 e. The van der Waals surface area contributed by atoms with Gasteiger partial charge in [-0.3, -0.25) is 0 Å². The molecular weight excluding hydrogens is 333 g/mol. The number of nitrogens with zero attached hydrogens (tertiary/aromatic N) is 1. The highest BCUT2D eigenvalue weighted by Gasteiger charge is 2.11. The predicted molar refractivity (Wildman–Crippen MR) is 85.0 cm³/mol. The first kappa shape index (κ1) is 13.5. The summed E-state index contributed by atoms with van der Waals surface area (Å²) >= 11 is 2.48. The molecule has 0 fully saturated rings. The molecule has 2 rings (SSSR count). The minimum absolute atomic E-state index is 0.681. The summed E-state index contributed by atoms with van der Waals surface area (Å²) in [6.45, 7) is 4.45. The number of aryl methyl sites for hydroxylation is 2. The lowest BCUT2D eigenvalue weighted by molar-refractivity contribution is -0.660. The molecule has 0 bridgehead atoms. The Morgan fingerprint density at radius 3 is 2.61 bits per heavy atom. The van der Waals surface area contributed by atoms with Crippen molar-refractivity contribution in [2.45, 2.75) is 24.2 Å². The van der Waals surface area contributed by atoms with Crippen LogP contribution in [0.4, 0.5) is 0 Å². The lowest BCUT2D eigenvalue weighted by Gasteiger charge is -2.08. The highest BCUT2D eigenvalue weighted by Crippen LogP contribution is 2.22. The van der Waals surface area contributed by atoms with E-state index in [1.165, 1.54) is 22.4 Å². The van der Waals surface area contributed by atoms with E-state index in [0.29, 0.717) is 3.92 Å². The van der Waals surface area contributed by atoms with Crippen LogP contribution in [0.15, 0.2) is 42.6 Å². The molecule has 2 aromatic rings. The summed E-state index contributed by atoms with van der Waals surface area (Å²) in [6, 6.07) is 13.1. The van der Waals surface area contributed by atoms with Crippen LogP contribution in [0, 0.1) is 6.92 Å². The number of rotatable bonds is 3. The minimum atomic E-state index is 0.681. The van der Waals surface area contributed by atoms with E-state index in [4.69, 9.17) is 0 Å². The molecule has 0 N–H and O–H groups in total. The van der Waals surface area contributed by atoms with Gasteiger partial charge in [-0.25, -0.2) is 4.57 Å². The standard InChI is InChI=1S/C16H19IN/c1-12-10-14(11-13(2)17)7-8-15(12)16-6-4-5-9-18(16)3/h4-10,13H,11H2,1-3H3/q+1. The van der Waals surface area contributed by atoms with Gasteiger partial charge in [0.1, 0.15) is 7.05 Å². The van der Waals surface area contributed by atoms with Gasteiger partial charge in [0.2, 0.25) is 5.69 Å². The quantitative estimate of drug-likeness (QED) is 0.449. The highest BCUT2D eigenvalue weighted by molar-refractivity contribution is 14.1. The summed E-state index contributed by atoms with van der Waals surface area (Å²) in [6.07, 6.45) is 3.23. The van der Waals surface area contributed by atoms with Gasteiger partial charge in [0.15, 0.2) is 6.20 Å². The molecule has 0 spiro atoms. The Morgan fingerprint density at radius 1 is 1.22 bits per heavy atom. The highest BCUT2D eigenvalue weighted by atomic mass is 127. The van der Waals surface area contributed by atoms with Crippen molar-refractivity contribution in [3.05, 3.63) is 53.7 Å². The third-order valence-corrected chi connectivity index (χ3v) is 3.58. The van der Waals surface area contributed by atoms with E-state index in [0.717, 1.165) is 6.42 Å². The largest absolute Gasteiger partial charge is 0.212 e. The molecule has 1 aromatic heterocycles. The van der Waals surface area contributed by atoms with E-state index in [1.54, 1.807) is 0 Å². The van der Waals surface area contributed by atoms with Crippen LogP contribution >= 0.6 is 22.6 Å². The first-order valence-corrected chi connectivity index (χ1v) is 7.51. The Bertz CT molecular complexity index is 547. The zero-order chi connectivity index (χ0) is 13.1. The molecule has 1 unspecified atom stereocenters. The van der Waals surface area contributed by atoms with E-state index in [2.05, 4.69) is 90.6 Å². The molecule has 2 heteroatoms. The zero-order valence-electron chi connectivity index (χ0n) is 11.2. The van der Waals surface area contributed by atoms with Crippen molar-refractivity contribution in [2.75, 3.05) is 0 Å². The average Bonchev–Trinajstić information content (AvgIpc) is 2.30. The zero-order valence-corrected chi connectivity index (χ0v) is 13.3. The molecule has 0 saturated heterocycles. The van der Waals surface area contributed by atoms with Crippen molar-refractivity contribution in [1.29, 1.82) is 0 Å². The van der Waals surface area contributed by atoms with Gasteiger partial charge in [-0.05, 0) is 36.6 Å². The van der Waals surface area contributed by atoms with E-state index < -0.39 is 0 Å². The van der Waals surface area contributed by atoms with Gasteiger partial charge in [-0.2, -0.15) is 0 Å². The van der Waals surface area contributed by atoms with Crippen molar-refractivity contribution in [3.63, 3.8) is 0 Å². The van der Waals surface area contributed by atoms with Crippen molar-refractivity contribution in [3.8, 4) is 11.3 Å². The number of halogens is 1. The molecule has 18 heavy (non-hydrogen) atoms. The molecule has 1 nitrogen and oxygen atoms in total. The number of hydrogen-bond donors (Lipinski definition) is 0. The second kappa shape index (κ2) is 5.83. The maximum Gasteiger partial charge on any atom is 0.212 e. The third kappa shape index (κ3) is 3.10. The van der Waals surface area contributed by atoms with Crippen molar-refractivity contribution in [1.82, 2.24) is 0 Å². The Kier molecular flexibility index (Phi) is 4.38. The van der Waals surface area contributed by atoms with Crippen LogP contribution in [-0.2, 0) is 13.5 Å². The average molecular weight is 352 g/mol. The van der Waals surface area contributed by atoms with Crippen molar-refractivity contribution in [2.24, 2.45) is 7.05 Å². The lowest BCUT2D eigenvalue weighted by Crippen LogP contribution is -2.30. The summed E-state index contributed by atoms with van der Waals surface area (Å²) < 4.78 is 2.85. The van der Waals surface area contributed by atoms with E-state index in [9.17, 15) is 0 Å². The Hall–Kier alpha value is -0.900. The Labute approximate surface area is 123 Å². The van der Waals surface area contributed by atoms with Crippen LogP contribution in [0.3, 0.4) is 0 Å². The van der Waals surface area contributed by atoms with Crippen LogP contribution < -0.4 is 4.57 Å². The second-order valence-corrected chi connectivity index (χ2v) is 6.96. The summed E-state index contributed by atoms with van der Waals surface area (Å²) in [5, 5.41) is 0. The van der Waals surface area contributed by atoms with Crippen LogP contribution in [0.1, 0.15) is 18.1 Å². The number of pyridine rings is 1. The fraction of sp³-hybridized carbons (Fsp3) is 0.312. The molecule has 1 atom stereocenters. The van der Waals surface area contributed by atoms with Gasteiger partial charge in [0.25, 0.3) is 0 Å². The SMILES string of the molecule is Cc1cc(CC(C)I)ccc1-c1cccc[n+]1C. The van der Waals surface area contributed by atoms with Crippen molar-refractivity contribution >= 4 is 22.6 Å². The third-order valence-electron chi connectivity index (χ3n) is 3.14. The van der Waals surface area contributed by atoms with Crippen LogP contribution in [0.25, 0.3) is 11.3 Å². The molecule has 0 aliphatic rings. The molecule has 0 amide bonds. The number of hydrogen-bond acceptors (Lipinski definition) is 0. The van der Waals surface area contributed by atoms with Gasteiger partial charge >= 0.3 is 0 Å². The molecule has 94 valence electrons. The Balaban J connectivity index is 2.39. The van der Waals surface area contributed by atoms with Gasteiger partial charge < -0.3 is 0 Å². The number of aromatic nitrogens is 1. The molecule has 1 heterocycles. The minimum Gasteiger partial charge on any atom is -0.201 e. The summed E-state index contributed by atoms with van der Waals surface area (Å²) in [7, 11) is 2.09. The molecule has 0 saturated carbocycles. The molecular formula is C16H19IN+. The fourth-order valence-electron chi connectivity index (χ4n) is 2.27. The summed E-state index contributed by atoms with van der Waals surface area (Å²) in [5.41, 5.74) is 5.37. The van der Waals surface area contributed by atoms with Crippen LogP contribution in [-0.4, -0.2) is 3.92 Å². The fourth-order valence-corrected chi connectivity index (χ4v) is 2.78. The molecule has 1 aromatic carbocycles. The van der Waals surface area contributed by atoms with E-state index >= 15 is 0 Å². The molecule has 0 aliphatic heterocycles. The van der Waals surface area contributed by atoms with Gasteiger partial charge in [0, 0.05) is 21.6 Å². The molecule has 0 radical (unpaired) electrons. The normalized spacial score (nSPS) is 12.4. The lowest BCUT2D eigenvalue weighted by atomic mass is 10.00. The maximum atomic E-state index is 2.48. The summed E-state index contributed by atoms with van der Waals surface area (Å²) in [4.78, 5) is 0. The van der Waals surface area contributed by atoms with E-state index in [-0.39, 0.29) is 0 Å². The first-order valence-electron chi connectivity index (χ1n) is 6.26. The van der Waals surface area contributed by atoms with Gasteiger partial charge in [-0.1, -0.05) is 41.6 Å². The second-order valence-electron chi connectivity index (χ2n) is 4.83. The van der Waals surface area contributed by atoms with Gasteiger partial charge in [-0.15, -0.1) is 0 Å². The monoisotopic (exact) mass is 352 g/mol. The van der Waals surface area contributed by atoms with Gasteiger partial charge in [0.05, 0.1) is 0 Å². The predicted octanol–water partition coefficient (Wildman–Crippen LogP) is 3.85. The first-order chi connectivity index (χ1) is 8.58. The number of benzene rings is 1. The maximum absolute atomic E-state index is 2.48. The summed E-state index contributed by atoms with van der Waals surface area (Å²) in [5.74, 6) is 0. The Morgan fingerprint density at radius 2 is 2.00 bits per heavy atom. The molecule has 0 aliphatic carbocycles.